The molecule has 7 nitrogen and oxygen atoms in total. The number of amides is 2. The summed E-state index contributed by atoms with van der Waals surface area (Å²) in [5.41, 5.74) is 3.08. The van der Waals surface area contributed by atoms with Crippen LogP contribution in [0.5, 0.6) is 5.75 Å². The Morgan fingerprint density at radius 1 is 1.17 bits per heavy atom. The fraction of sp³-hybridized carbons (Fsp3) is 0.318. The van der Waals surface area contributed by atoms with Gasteiger partial charge in [0, 0.05) is 17.5 Å². The van der Waals surface area contributed by atoms with Crippen LogP contribution in [0.2, 0.25) is 0 Å². The van der Waals surface area contributed by atoms with E-state index >= 15 is 0 Å². The van der Waals surface area contributed by atoms with Gasteiger partial charge in [-0.2, -0.15) is 0 Å². The van der Waals surface area contributed by atoms with E-state index in [-0.39, 0.29) is 24.5 Å². The predicted molar refractivity (Wildman–Crippen MR) is 109 cm³/mol. The summed E-state index contributed by atoms with van der Waals surface area (Å²) in [6.45, 7) is 0.00377. The van der Waals surface area contributed by atoms with E-state index in [4.69, 9.17) is 9.72 Å². The zero-order chi connectivity index (χ0) is 19.8. The molecule has 3 aromatic rings. The average Bonchev–Trinajstić information content (AvgIpc) is 3.18. The second-order valence-electron chi connectivity index (χ2n) is 7.72. The summed E-state index contributed by atoms with van der Waals surface area (Å²) in [7, 11) is 0. The molecule has 0 spiro atoms. The highest BCUT2D eigenvalue weighted by molar-refractivity contribution is 5.99. The summed E-state index contributed by atoms with van der Waals surface area (Å²) < 4.78 is 5.35. The number of rotatable bonds is 3. The van der Waals surface area contributed by atoms with E-state index in [0.29, 0.717) is 22.9 Å². The third-order valence-corrected chi connectivity index (χ3v) is 5.68. The molecule has 2 heterocycles. The molecule has 1 fully saturated rings. The first kappa shape index (κ1) is 17.7. The molecule has 3 N–H and O–H groups in total. The number of aromatic amines is 1. The number of para-hydroxylation sites is 2. The van der Waals surface area contributed by atoms with Crippen LogP contribution >= 0.6 is 0 Å². The molecule has 29 heavy (non-hydrogen) atoms. The van der Waals surface area contributed by atoms with E-state index in [0.717, 1.165) is 42.5 Å². The van der Waals surface area contributed by atoms with Gasteiger partial charge in [0.1, 0.15) is 11.6 Å². The van der Waals surface area contributed by atoms with Crippen molar-refractivity contribution in [3.8, 4) is 5.75 Å². The molecule has 1 aliphatic carbocycles. The first-order valence-corrected chi connectivity index (χ1v) is 9.98. The van der Waals surface area contributed by atoms with E-state index < -0.39 is 0 Å². The van der Waals surface area contributed by atoms with E-state index in [1.54, 1.807) is 18.2 Å². The molecule has 2 atom stereocenters. The van der Waals surface area contributed by atoms with Gasteiger partial charge in [-0.3, -0.25) is 9.59 Å². The minimum atomic E-state index is -0.212. The number of nitrogens with zero attached hydrogens (tertiary/aromatic N) is 1. The standard InChI is InChI=1S/C22H22N4O3/c27-20-12-29-19-9-8-14(11-18(19)24-20)22(28)23-15-5-3-4-13(10-15)21-25-16-6-1-2-7-17(16)26-21/h1-2,6-9,11,13,15H,3-5,10,12H2,(H,23,28)(H,24,27)(H,25,26)/t13?,15-/m1/s1. The highest BCUT2D eigenvalue weighted by Gasteiger charge is 2.27. The van der Waals surface area contributed by atoms with Gasteiger partial charge in [0.25, 0.3) is 11.8 Å². The van der Waals surface area contributed by atoms with E-state index in [1.807, 2.05) is 24.3 Å². The number of fused-ring (bicyclic) bond motifs is 2. The summed E-state index contributed by atoms with van der Waals surface area (Å²) in [6.07, 6.45) is 3.92. The van der Waals surface area contributed by atoms with Crippen LogP contribution in [0, 0.1) is 0 Å². The number of carbonyl (C=O) groups excluding carboxylic acids is 2. The van der Waals surface area contributed by atoms with Crippen molar-refractivity contribution in [2.45, 2.75) is 37.6 Å². The van der Waals surface area contributed by atoms with Gasteiger partial charge >= 0.3 is 0 Å². The molecule has 1 aliphatic heterocycles. The van der Waals surface area contributed by atoms with Crippen LogP contribution in [0.15, 0.2) is 42.5 Å². The van der Waals surface area contributed by atoms with Gasteiger partial charge in [0.05, 0.1) is 16.7 Å². The molecule has 1 unspecified atom stereocenters. The SMILES string of the molecule is O=C1COc2ccc(C(=O)N[C@@H]3CCCC(c4nc5ccccc5[nH]4)C3)cc2N1. The summed E-state index contributed by atoms with van der Waals surface area (Å²) in [4.78, 5) is 32.5. The third-order valence-electron chi connectivity index (χ3n) is 5.68. The molecule has 1 saturated carbocycles. The summed E-state index contributed by atoms with van der Waals surface area (Å²) in [5, 5.41) is 5.90. The number of hydrogen-bond acceptors (Lipinski definition) is 4. The maximum atomic E-state index is 12.8. The Morgan fingerprint density at radius 2 is 2.07 bits per heavy atom. The van der Waals surface area contributed by atoms with Crippen molar-refractivity contribution >= 4 is 28.5 Å². The zero-order valence-electron chi connectivity index (χ0n) is 15.9. The molecule has 0 radical (unpaired) electrons. The molecule has 1 aromatic heterocycles. The van der Waals surface area contributed by atoms with Crippen molar-refractivity contribution in [2.75, 3.05) is 11.9 Å². The van der Waals surface area contributed by atoms with Crippen molar-refractivity contribution in [2.24, 2.45) is 0 Å². The lowest BCUT2D eigenvalue weighted by molar-refractivity contribution is -0.118. The minimum absolute atomic E-state index is 0.00377. The van der Waals surface area contributed by atoms with Crippen molar-refractivity contribution in [3.63, 3.8) is 0 Å². The molecule has 148 valence electrons. The van der Waals surface area contributed by atoms with Crippen LogP contribution in [-0.2, 0) is 4.79 Å². The summed E-state index contributed by atoms with van der Waals surface area (Å²) in [6, 6.07) is 13.2. The number of nitrogens with one attached hydrogen (secondary N) is 3. The first-order valence-electron chi connectivity index (χ1n) is 9.98. The Morgan fingerprint density at radius 3 is 2.97 bits per heavy atom. The Hall–Kier alpha value is -3.35. The number of carbonyl (C=O) groups is 2. The number of aromatic nitrogens is 2. The lowest BCUT2D eigenvalue weighted by Gasteiger charge is -2.29. The maximum Gasteiger partial charge on any atom is 0.262 e. The fourth-order valence-corrected chi connectivity index (χ4v) is 4.23. The molecule has 5 rings (SSSR count). The molecule has 0 bridgehead atoms. The number of ether oxygens (including phenoxy) is 1. The molecular formula is C22H22N4O3. The maximum absolute atomic E-state index is 12.8. The Bertz CT molecular complexity index is 1060. The van der Waals surface area contributed by atoms with Gasteiger partial charge in [-0.15, -0.1) is 0 Å². The lowest BCUT2D eigenvalue weighted by atomic mass is 9.85. The number of imidazole rings is 1. The quantitative estimate of drug-likeness (QED) is 0.639. The van der Waals surface area contributed by atoms with Crippen molar-refractivity contribution < 1.29 is 14.3 Å². The number of benzene rings is 2. The molecule has 0 saturated heterocycles. The van der Waals surface area contributed by atoms with Crippen LogP contribution in [0.3, 0.4) is 0 Å². The average molecular weight is 390 g/mol. The fourth-order valence-electron chi connectivity index (χ4n) is 4.23. The number of H-pyrrole nitrogens is 1. The van der Waals surface area contributed by atoms with Gasteiger partial charge in [-0.25, -0.2) is 4.98 Å². The van der Waals surface area contributed by atoms with Crippen LogP contribution < -0.4 is 15.4 Å². The largest absolute Gasteiger partial charge is 0.482 e. The number of anilines is 1. The second kappa shape index (κ2) is 7.24. The molecule has 2 amide bonds. The van der Waals surface area contributed by atoms with Crippen LogP contribution in [0.1, 0.15) is 47.8 Å². The van der Waals surface area contributed by atoms with Crippen molar-refractivity contribution in [1.82, 2.24) is 15.3 Å². The smallest absolute Gasteiger partial charge is 0.262 e. The molecule has 7 heteroatoms. The first-order chi connectivity index (χ1) is 14.2. The predicted octanol–water partition coefficient (Wildman–Crippen LogP) is 3.35. The van der Waals surface area contributed by atoms with Gasteiger partial charge in [0.2, 0.25) is 0 Å². The third kappa shape index (κ3) is 3.55. The summed E-state index contributed by atoms with van der Waals surface area (Å²) >= 11 is 0. The van der Waals surface area contributed by atoms with Crippen molar-refractivity contribution in [1.29, 1.82) is 0 Å². The van der Waals surface area contributed by atoms with Crippen LogP contribution in [0.4, 0.5) is 5.69 Å². The van der Waals surface area contributed by atoms with Gasteiger partial charge < -0.3 is 20.4 Å². The van der Waals surface area contributed by atoms with E-state index in [2.05, 4.69) is 15.6 Å². The number of hydrogen-bond donors (Lipinski definition) is 3. The molecule has 2 aliphatic rings. The lowest BCUT2D eigenvalue weighted by Crippen LogP contribution is -2.38. The topological polar surface area (TPSA) is 96.1 Å². The van der Waals surface area contributed by atoms with Crippen molar-refractivity contribution in [3.05, 3.63) is 53.9 Å². The van der Waals surface area contributed by atoms with Crippen LogP contribution in [-0.4, -0.2) is 34.4 Å². The summed E-state index contributed by atoms with van der Waals surface area (Å²) in [5.74, 6) is 1.54. The zero-order valence-corrected chi connectivity index (χ0v) is 15.9. The van der Waals surface area contributed by atoms with Crippen LogP contribution in [0.25, 0.3) is 11.0 Å². The van der Waals surface area contributed by atoms with Gasteiger partial charge in [0.15, 0.2) is 6.61 Å². The highest BCUT2D eigenvalue weighted by atomic mass is 16.5. The minimum Gasteiger partial charge on any atom is -0.482 e. The van der Waals surface area contributed by atoms with E-state index in [1.165, 1.54) is 0 Å². The van der Waals surface area contributed by atoms with Gasteiger partial charge in [-0.1, -0.05) is 18.6 Å². The highest BCUT2D eigenvalue weighted by Crippen LogP contribution is 2.33. The Balaban J connectivity index is 1.28. The van der Waals surface area contributed by atoms with E-state index in [9.17, 15) is 9.59 Å². The van der Waals surface area contributed by atoms with Gasteiger partial charge in [-0.05, 0) is 49.6 Å². The molecule has 2 aromatic carbocycles. The second-order valence-corrected chi connectivity index (χ2v) is 7.72. The Kier molecular flexibility index (Phi) is 4.42. The Labute approximate surface area is 167 Å². The monoisotopic (exact) mass is 390 g/mol. The molecular weight excluding hydrogens is 368 g/mol. The normalized spacial score (nSPS) is 21.2.